The molecule has 0 spiro atoms. The highest BCUT2D eigenvalue weighted by Gasteiger charge is 2.13. The van der Waals surface area contributed by atoms with Gasteiger partial charge in [-0.25, -0.2) is 4.98 Å². The summed E-state index contributed by atoms with van der Waals surface area (Å²) in [7, 11) is 1.58. The summed E-state index contributed by atoms with van der Waals surface area (Å²) >= 11 is 0. The van der Waals surface area contributed by atoms with Crippen LogP contribution in [-0.4, -0.2) is 23.9 Å². The summed E-state index contributed by atoms with van der Waals surface area (Å²) in [5, 5.41) is 5.54. The van der Waals surface area contributed by atoms with Crippen LogP contribution in [0.2, 0.25) is 0 Å². The van der Waals surface area contributed by atoms with E-state index in [-0.39, 0.29) is 17.3 Å². The molecule has 0 aliphatic heterocycles. The highest BCUT2D eigenvalue weighted by atomic mass is 16.5. The van der Waals surface area contributed by atoms with Crippen LogP contribution in [0.5, 0.6) is 5.75 Å². The van der Waals surface area contributed by atoms with E-state index in [4.69, 9.17) is 4.74 Å². The minimum absolute atomic E-state index is 0.157. The molecule has 1 heterocycles. The van der Waals surface area contributed by atoms with Gasteiger partial charge in [-0.3, -0.25) is 9.59 Å². The standard InChI is InChI=1S/C22H21N3O3/c1-3-15-7-9-16(10-8-15)23-21(26)19-5-4-6-20(25-19)22(27)24-17-11-13-18(28-2)14-12-17/h4-14H,3H2,1-2H3,(H,23,26)(H,24,27). The van der Waals surface area contributed by atoms with E-state index in [1.165, 1.54) is 5.56 Å². The predicted octanol–water partition coefficient (Wildman–Crippen LogP) is 4.16. The van der Waals surface area contributed by atoms with Crippen molar-refractivity contribution < 1.29 is 14.3 Å². The van der Waals surface area contributed by atoms with E-state index >= 15 is 0 Å². The lowest BCUT2D eigenvalue weighted by Crippen LogP contribution is -2.18. The zero-order valence-corrected chi connectivity index (χ0v) is 15.7. The summed E-state index contributed by atoms with van der Waals surface area (Å²) in [6, 6.07) is 19.3. The van der Waals surface area contributed by atoms with Gasteiger partial charge in [0.05, 0.1) is 7.11 Å². The van der Waals surface area contributed by atoms with Crippen molar-refractivity contribution in [3.05, 3.63) is 83.7 Å². The zero-order valence-electron chi connectivity index (χ0n) is 15.7. The van der Waals surface area contributed by atoms with Crippen LogP contribution >= 0.6 is 0 Å². The average molecular weight is 375 g/mol. The van der Waals surface area contributed by atoms with Gasteiger partial charge in [-0.05, 0) is 60.5 Å². The molecule has 0 aliphatic carbocycles. The van der Waals surface area contributed by atoms with Crippen molar-refractivity contribution in [3.63, 3.8) is 0 Å². The van der Waals surface area contributed by atoms with E-state index in [1.807, 2.05) is 24.3 Å². The average Bonchev–Trinajstić information content (AvgIpc) is 2.75. The molecule has 1 aromatic heterocycles. The highest BCUT2D eigenvalue weighted by Crippen LogP contribution is 2.16. The van der Waals surface area contributed by atoms with Crippen LogP contribution in [0.4, 0.5) is 11.4 Å². The van der Waals surface area contributed by atoms with Crippen LogP contribution in [-0.2, 0) is 6.42 Å². The zero-order chi connectivity index (χ0) is 19.9. The van der Waals surface area contributed by atoms with Crippen molar-refractivity contribution in [3.8, 4) is 5.75 Å². The van der Waals surface area contributed by atoms with Gasteiger partial charge in [0.15, 0.2) is 0 Å². The Morgan fingerprint density at radius 1 is 0.821 bits per heavy atom. The number of aromatic nitrogens is 1. The smallest absolute Gasteiger partial charge is 0.274 e. The van der Waals surface area contributed by atoms with Gasteiger partial charge in [0, 0.05) is 11.4 Å². The number of hydrogen-bond donors (Lipinski definition) is 2. The number of ether oxygens (including phenoxy) is 1. The number of amides is 2. The van der Waals surface area contributed by atoms with E-state index in [0.717, 1.165) is 6.42 Å². The van der Waals surface area contributed by atoms with Crippen molar-refractivity contribution >= 4 is 23.2 Å². The third-order valence-corrected chi connectivity index (χ3v) is 4.18. The maximum absolute atomic E-state index is 12.5. The molecule has 0 atom stereocenters. The fourth-order valence-electron chi connectivity index (χ4n) is 2.58. The summed E-state index contributed by atoms with van der Waals surface area (Å²) in [6.07, 6.45) is 0.932. The fourth-order valence-corrected chi connectivity index (χ4v) is 2.58. The number of benzene rings is 2. The van der Waals surface area contributed by atoms with Crippen LogP contribution in [0.3, 0.4) is 0 Å². The van der Waals surface area contributed by atoms with Crippen LogP contribution in [0.25, 0.3) is 0 Å². The Kier molecular flexibility index (Phi) is 6.01. The van der Waals surface area contributed by atoms with Gasteiger partial charge in [-0.15, -0.1) is 0 Å². The lowest BCUT2D eigenvalue weighted by atomic mass is 10.1. The lowest BCUT2D eigenvalue weighted by Gasteiger charge is -2.08. The molecule has 0 fully saturated rings. The first kappa shape index (κ1) is 19.1. The molecule has 0 aliphatic rings. The molecular weight excluding hydrogens is 354 g/mol. The molecule has 142 valence electrons. The number of carbonyl (C=O) groups is 2. The van der Waals surface area contributed by atoms with Crippen molar-refractivity contribution in [2.24, 2.45) is 0 Å². The van der Waals surface area contributed by atoms with Gasteiger partial charge in [-0.1, -0.05) is 25.1 Å². The predicted molar refractivity (Wildman–Crippen MR) is 109 cm³/mol. The molecule has 6 nitrogen and oxygen atoms in total. The van der Waals surface area contributed by atoms with Crippen molar-refractivity contribution in [1.29, 1.82) is 0 Å². The minimum atomic E-state index is -0.396. The first-order chi connectivity index (χ1) is 13.6. The summed E-state index contributed by atoms with van der Waals surface area (Å²) in [5.74, 6) is -0.0720. The first-order valence-corrected chi connectivity index (χ1v) is 8.92. The molecule has 0 saturated heterocycles. The maximum Gasteiger partial charge on any atom is 0.274 e. The van der Waals surface area contributed by atoms with Crippen molar-refractivity contribution in [1.82, 2.24) is 4.98 Å². The number of anilines is 2. The lowest BCUT2D eigenvalue weighted by molar-refractivity contribution is 0.101. The van der Waals surface area contributed by atoms with E-state index in [2.05, 4.69) is 22.5 Å². The molecule has 0 bridgehead atoms. The number of rotatable bonds is 6. The van der Waals surface area contributed by atoms with Crippen LogP contribution in [0, 0.1) is 0 Å². The van der Waals surface area contributed by atoms with Gasteiger partial charge in [0.2, 0.25) is 0 Å². The monoisotopic (exact) mass is 375 g/mol. The van der Waals surface area contributed by atoms with Crippen LogP contribution in [0.15, 0.2) is 66.7 Å². The number of nitrogens with zero attached hydrogens (tertiary/aromatic N) is 1. The van der Waals surface area contributed by atoms with Gasteiger partial charge < -0.3 is 15.4 Å². The second kappa shape index (κ2) is 8.81. The Balaban J connectivity index is 1.69. The molecule has 2 amide bonds. The molecule has 0 saturated carbocycles. The molecule has 6 heteroatoms. The second-order valence-electron chi connectivity index (χ2n) is 6.10. The number of nitrogens with one attached hydrogen (secondary N) is 2. The van der Waals surface area contributed by atoms with Gasteiger partial charge >= 0.3 is 0 Å². The van der Waals surface area contributed by atoms with Gasteiger partial charge in [0.1, 0.15) is 17.1 Å². The molecule has 28 heavy (non-hydrogen) atoms. The topological polar surface area (TPSA) is 80.3 Å². The molecule has 0 radical (unpaired) electrons. The maximum atomic E-state index is 12.5. The minimum Gasteiger partial charge on any atom is -0.497 e. The third kappa shape index (κ3) is 4.73. The molecular formula is C22H21N3O3. The summed E-state index contributed by atoms with van der Waals surface area (Å²) < 4.78 is 5.09. The van der Waals surface area contributed by atoms with Crippen molar-refractivity contribution in [2.45, 2.75) is 13.3 Å². The largest absolute Gasteiger partial charge is 0.497 e. The van der Waals surface area contributed by atoms with E-state index in [0.29, 0.717) is 17.1 Å². The number of carbonyl (C=O) groups excluding carboxylic acids is 2. The molecule has 3 rings (SSSR count). The van der Waals surface area contributed by atoms with E-state index in [1.54, 1.807) is 49.6 Å². The normalized spacial score (nSPS) is 10.2. The van der Waals surface area contributed by atoms with Gasteiger partial charge in [-0.2, -0.15) is 0 Å². The number of aryl methyl sites for hydroxylation is 1. The number of methoxy groups -OCH3 is 1. The molecule has 2 N–H and O–H groups in total. The first-order valence-electron chi connectivity index (χ1n) is 8.92. The summed E-state index contributed by atoms with van der Waals surface area (Å²) in [6.45, 7) is 2.07. The fraction of sp³-hybridized carbons (Fsp3) is 0.136. The quantitative estimate of drug-likeness (QED) is 0.678. The number of hydrogen-bond acceptors (Lipinski definition) is 4. The Labute approximate surface area is 163 Å². The summed E-state index contributed by atoms with van der Waals surface area (Å²) in [5.41, 5.74) is 2.80. The Bertz CT molecular complexity index is 890. The highest BCUT2D eigenvalue weighted by molar-refractivity contribution is 6.06. The molecule has 0 unspecified atom stereocenters. The van der Waals surface area contributed by atoms with Gasteiger partial charge in [0.25, 0.3) is 11.8 Å². The Morgan fingerprint density at radius 3 is 1.79 bits per heavy atom. The van der Waals surface area contributed by atoms with Crippen LogP contribution < -0.4 is 15.4 Å². The SMILES string of the molecule is CCc1ccc(NC(=O)c2cccc(C(=O)Nc3ccc(OC)cc3)n2)cc1. The summed E-state index contributed by atoms with van der Waals surface area (Å²) in [4.78, 5) is 29.1. The number of pyridine rings is 1. The van der Waals surface area contributed by atoms with E-state index in [9.17, 15) is 9.59 Å². The molecule has 3 aromatic rings. The third-order valence-electron chi connectivity index (χ3n) is 4.18. The Hall–Kier alpha value is -3.67. The van der Waals surface area contributed by atoms with E-state index < -0.39 is 5.91 Å². The second-order valence-corrected chi connectivity index (χ2v) is 6.10. The van der Waals surface area contributed by atoms with Crippen molar-refractivity contribution in [2.75, 3.05) is 17.7 Å². The molecule has 2 aromatic carbocycles. The van der Waals surface area contributed by atoms with Crippen LogP contribution in [0.1, 0.15) is 33.5 Å². The Morgan fingerprint density at radius 2 is 1.32 bits per heavy atom.